The number of aromatic nitrogens is 2. The topological polar surface area (TPSA) is 75.2 Å². The van der Waals surface area contributed by atoms with Crippen molar-refractivity contribution in [3.05, 3.63) is 51.0 Å². The smallest absolute Gasteiger partial charge is 0.273 e. The maximum Gasteiger partial charge on any atom is 0.273 e. The fourth-order valence-corrected chi connectivity index (χ4v) is 1.83. The van der Waals surface area contributed by atoms with Crippen LogP contribution in [0.1, 0.15) is 25.2 Å². The predicted molar refractivity (Wildman–Crippen MR) is 81.1 cm³/mol. The molecule has 2 N–H and O–H groups in total. The fraction of sp³-hybridized carbons (Fsp3) is 0.333. The monoisotopic (exact) mass is 308 g/mol. The molecule has 0 aliphatic carbocycles. The first-order chi connectivity index (χ1) is 9.95. The molecular formula is C15H17ClN2O3. The van der Waals surface area contributed by atoms with Crippen molar-refractivity contribution < 1.29 is 9.84 Å². The van der Waals surface area contributed by atoms with Crippen molar-refractivity contribution in [1.29, 1.82) is 0 Å². The number of aromatic amines is 1. The molecule has 0 amide bonds. The molecule has 0 aliphatic rings. The molecule has 0 radical (unpaired) electrons. The highest BCUT2D eigenvalue weighted by Crippen LogP contribution is 2.17. The lowest BCUT2D eigenvalue weighted by Crippen LogP contribution is -2.12. The lowest BCUT2D eigenvalue weighted by Gasteiger charge is -2.09. The zero-order valence-electron chi connectivity index (χ0n) is 11.9. The van der Waals surface area contributed by atoms with Gasteiger partial charge in [-0.1, -0.05) is 37.6 Å². The summed E-state index contributed by atoms with van der Waals surface area (Å²) in [4.78, 5) is 17.8. The average molecular weight is 309 g/mol. The van der Waals surface area contributed by atoms with Crippen LogP contribution in [-0.4, -0.2) is 21.7 Å². The Balaban J connectivity index is 2.08. The van der Waals surface area contributed by atoms with Crippen molar-refractivity contribution in [1.82, 2.24) is 9.97 Å². The Morgan fingerprint density at radius 2 is 2.00 bits per heavy atom. The van der Waals surface area contributed by atoms with Gasteiger partial charge < -0.3 is 14.8 Å². The van der Waals surface area contributed by atoms with E-state index in [2.05, 4.69) is 23.8 Å². The van der Waals surface area contributed by atoms with Gasteiger partial charge in [0.15, 0.2) is 5.02 Å². The van der Waals surface area contributed by atoms with Crippen molar-refractivity contribution in [2.75, 3.05) is 6.61 Å². The maximum absolute atomic E-state index is 11.4. The predicted octanol–water partition coefficient (Wildman–Crippen LogP) is 2.75. The minimum Gasteiger partial charge on any atom is -0.493 e. The van der Waals surface area contributed by atoms with Crippen LogP contribution < -0.4 is 10.3 Å². The van der Waals surface area contributed by atoms with Crippen LogP contribution in [0.2, 0.25) is 5.02 Å². The second-order valence-corrected chi connectivity index (χ2v) is 5.55. The van der Waals surface area contributed by atoms with Crippen LogP contribution in [0.25, 0.3) is 0 Å². The molecule has 1 aromatic heterocycles. The van der Waals surface area contributed by atoms with Crippen LogP contribution in [0.5, 0.6) is 11.6 Å². The van der Waals surface area contributed by atoms with E-state index in [1.807, 2.05) is 24.3 Å². The van der Waals surface area contributed by atoms with Crippen LogP contribution in [0.15, 0.2) is 29.1 Å². The molecule has 0 saturated carbocycles. The lowest BCUT2D eigenvalue weighted by atomic mass is 10.1. The summed E-state index contributed by atoms with van der Waals surface area (Å²) >= 11 is 5.56. The van der Waals surface area contributed by atoms with Crippen LogP contribution >= 0.6 is 11.6 Å². The van der Waals surface area contributed by atoms with Crippen LogP contribution in [0.3, 0.4) is 0 Å². The van der Waals surface area contributed by atoms with Crippen LogP contribution in [0, 0.1) is 5.92 Å². The summed E-state index contributed by atoms with van der Waals surface area (Å²) in [6, 6.07) is 7.51. The molecule has 0 atom stereocenters. The number of H-pyrrole nitrogens is 1. The van der Waals surface area contributed by atoms with Gasteiger partial charge in [-0.15, -0.1) is 0 Å². The van der Waals surface area contributed by atoms with Gasteiger partial charge in [0.2, 0.25) is 5.88 Å². The van der Waals surface area contributed by atoms with E-state index in [0.29, 0.717) is 24.8 Å². The number of benzene rings is 1. The van der Waals surface area contributed by atoms with Gasteiger partial charge in [0.25, 0.3) is 5.56 Å². The Morgan fingerprint density at radius 3 is 2.57 bits per heavy atom. The number of nitrogens with one attached hydrogen (secondary N) is 1. The van der Waals surface area contributed by atoms with E-state index < -0.39 is 11.4 Å². The van der Waals surface area contributed by atoms with Gasteiger partial charge in [-0.25, -0.2) is 0 Å². The molecule has 2 rings (SSSR count). The Hall–Kier alpha value is -2.01. The quantitative estimate of drug-likeness (QED) is 0.890. The van der Waals surface area contributed by atoms with Crippen molar-refractivity contribution in [2.45, 2.75) is 20.3 Å². The normalized spacial score (nSPS) is 10.9. The largest absolute Gasteiger partial charge is 0.493 e. The highest BCUT2D eigenvalue weighted by Gasteiger charge is 2.08. The summed E-state index contributed by atoms with van der Waals surface area (Å²) in [6.45, 7) is 4.84. The number of aromatic hydroxyl groups is 1. The first-order valence-electron chi connectivity index (χ1n) is 6.65. The summed E-state index contributed by atoms with van der Waals surface area (Å²) < 4.78 is 5.60. The number of nitrogens with zero attached hydrogens (tertiary/aromatic N) is 1. The number of hydrogen-bond acceptors (Lipinski definition) is 4. The Kier molecular flexibility index (Phi) is 4.85. The van der Waals surface area contributed by atoms with E-state index in [-0.39, 0.29) is 5.02 Å². The summed E-state index contributed by atoms with van der Waals surface area (Å²) in [7, 11) is 0. The van der Waals surface area contributed by atoms with Crippen molar-refractivity contribution >= 4 is 11.6 Å². The molecule has 0 saturated heterocycles. The first-order valence-corrected chi connectivity index (χ1v) is 7.03. The molecule has 0 unspecified atom stereocenters. The van der Waals surface area contributed by atoms with Gasteiger partial charge in [0, 0.05) is 6.42 Å². The highest BCUT2D eigenvalue weighted by molar-refractivity contribution is 6.31. The van der Waals surface area contributed by atoms with E-state index in [1.165, 1.54) is 0 Å². The molecule has 0 fully saturated rings. The third kappa shape index (κ3) is 4.23. The number of rotatable bonds is 5. The molecule has 112 valence electrons. The zero-order valence-corrected chi connectivity index (χ0v) is 12.6. The number of hydrogen-bond donors (Lipinski definition) is 2. The third-order valence-electron chi connectivity index (χ3n) is 2.77. The standard InChI is InChI=1S/C15H17ClN2O3/c1-9(2)8-21-11-5-3-10(4-6-11)7-12-17-14(19)13(16)15(20)18-12/h3-6,9H,7-8H2,1-2H3,(H2,17,18,19,20). The van der Waals surface area contributed by atoms with Gasteiger partial charge >= 0.3 is 0 Å². The third-order valence-corrected chi connectivity index (χ3v) is 3.11. The maximum atomic E-state index is 11.4. The Morgan fingerprint density at radius 1 is 1.33 bits per heavy atom. The summed E-state index contributed by atoms with van der Waals surface area (Å²) in [5.74, 6) is 1.17. The summed E-state index contributed by atoms with van der Waals surface area (Å²) in [5, 5.41) is 9.15. The second-order valence-electron chi connectivity index (χ2n) is 5.18. The van der Waals surface area contributed by atoms with E-state index in [0.717, 1.165) is 11.3 Å². The summed E-state index contributed by atoms with van der Waals surface area (Å²) in [5.41, 5.74) is 0.396. The Bertz CT molecular complexity index is 666. The second kappa shape index (κ2) is 6.63. The van der Waals surface area contributed by atoms with Crippen molar-refractivity contribution in [2.24, 2.45) is 5.92 Å². The van der Waals surface area contributed by atoms with E-state index >= 15 is 0 Å². The SMILES string of the molecule is CC(C)COc1ccc(Cc2nc(O)c(Cl)c(=O)[nH]2)cc1. The van der Waals surface area contributed by atoms with Gasteiger partial charge in [-0.2, -0.15) is 4.98 Å². The molecule has 0 bridgehead atoms. The van der Waals surface area contributed by atoms with E-state index in [4.69, 9.17) is 16.3 Å². The molecule has 2 aromatic rings. The van der Waals surface area contributed by atoms with Gasteiger partial charge in [0.1, 0.15) is 11.6 Å². The van der Waals surface area contributed by atoms with Gasteiger partial charge in [-0.05, 0) is 23.6 Å². The van der Waals surface area contributed by atoms with Crippen LogP contribution in [-0.2, 0) is 6.42 Å². The van der Waals surface area contributed by atoms with Crippen molar-refractivity contribution in [3.63, 3.8) is 0 Å². The fourth-order valence-electron chi connectivity index (χ4n) is 1.74. The van der Waals surface area contributed by atoms with Gasteiger partial charge in [-0.3, -0.25) is 4.79 Å². The summed E-state index contributed by atoms with van der Waals surface area (Å²) in [6.07, 6.45) is 0.393. The van der Waals surface area contributed by atoms with E-state index in [9.17, 15) is 9.90 Å². The number of ether oxygens (including phenoxy) is 1. The van der Waals surface area contributed by atoms with Crippen LogP contribution in [0.4, 0.5) is 0 Å². The highest BCUT2D eigenvalue weighted by atomic mass is 35.5. The van der Waals surface area contributed by atoms with E-state index in [1.54, 1.807) is 0 Å². The molecule has 1 aromatic carbocycles. The molecule has 21 heavy (non-hydrogen) atoms. The molecule has 5 nitrogen and oxygen atoms in total. The Labute approximate surface area is 127 Å². The first kappa shape index (κ1) is 15.4. The lowest BCUT2D eigenvalue weighted by molar-refractivity contribution is 0.271. The molecule has 6 heteroatoms. The van der Waals surface area contributed by atoms with Crippen molar-refractivity contribution in [3.8, 4) is 11.6 Å². The molecule has 0 spiro atoms. The average Bonchev–Trinajstić information content (AvgIpc) is 2.44. The minimum atomic E-state index is -0.545. The minimum absolute atomic E-state index is 0.295. The molecular weight excluding hydrogens is 292 g/mol. The zero-order chi connectivity index (χ0) is 15.4. The molecule has 0 aliphatic heterocycles. The molecule has 1 heterocycles. The number of halogens is 1. The van der Waals surface area contributed by atoms with Gasteiger partial charge in [0.05, 0.1) is 6.61 Å².